The molecule has 4 nitrogen and oxygen atoms in total. The summed E-state index contributed by atoms with van der Waals surface area (Å²) < 4.78 is 7.35. The molecular weight excluding hydrogens is 310 g/mol. The summed E-state index contributed by atoms with van der Waals surface area (Å²) in [5, 5.41) is 4.69. The SMILES string of the molecule is CCOc1ccc(-c2nn(-c3ccccc3)cc2CN)cc1.Cl. The molecule has 0 spiro atoms. The third-order valence-corrected chi connectivity index (χ3v) is 3.47. The number of hydrogen-bond donors (Lipinski definition) is 1. The Labute approximate surface area is 142 Å². The summed E-state index contributed by atoms with van der Waals surface area (Å²) >= 11 is 0. The van der Waals surface area contributed by atoms with Gasteiger partial charge in [0, 0.05) is 23.9 Å². The van der Waals surface area contributed by atoms with Crippen LogP contribution in [0.4, 0.5) is 0 Å². The smallest absolute Gasteiger partial charge is 0.119 e. The fourth-order valence-corrected chi connectivity index (χ4v) is 2.39. The summed E-state index contributed by atoms with van der Waals surface area (Å²) in [5.41, 5.74) is 9.87. The third-order valence-electron chi connectivity index (χ3n) is 3.47. The van der Waals surface area contributed by atoms with Crippen LogP contribution in [0.25, 0.3) is 16.9 Å². The molecule has 1 heterocycles. The van der Waals surface area contributed by atoms with Crippen LogP contribution in [0.5, 0.6) is 5.75 Å². The van der Waals surface area contributed by atoms with E-state index in [0.29, 0.717) is 13.2 Å². The van der Waals surface area contributed by atoms with Gasteiger partial charge in [-0.1, -0.05) is 18.2 Å². The first-order valence-electron chi connectivity index (χ1n) is 7.39. The second kappa shape index (κ2) is 7.81. The molecular formula is C18H20ClN3O. The highest BCUT2D eigenvalue weighted by Crippen LogP contribution is 2.25. The van der Waals surface area contributed by atoms with Crippen molar-refractivity contribution >= 4 is 12.4 Å². The lowest BCUT2D eigenvalue weighted by Gasteiger charge is -2.04. The molecule has 1 aromatic heterocycles. The lowest BCUT2D eigenvalue weighted by Crippen LogP contribution is -1.96. The van der Waals surface area contributed by atoms with Crippen molar-refractivity contribution in [1.29, 1.82) is 0 Å². The van der Waals surface area contributed by atoms with Gasteiger partial charge in [0.25, 0.3) is 0 Å². The molecule has 0 unspecified atom stereocenters. The molecule has 0 bridgehead atoms. The third kappa shape index (κ3) is 3.73. The van der Waals surface area contributed by atoms with Crippen LogP contribution < -0.4 is 10.5 Å². The first-order chi connectivity index (χ1) is 10.8. The van der Waals surface area contributed by atoms with Gasteiger partial charge in [-0.15, -0.1) is 12.4 Å². The van der Waals surface area contributed by atoms with E-state index >= 15 is 0 Å². The van der Waals surface area contributed by atoms with Crippen LogP contribution in [-0.4, -0.2) is 16.4 Å². The Kier molecular flexibility index (Phi) is 5.79. The number of nitrogens with two attached hydrogens (primary N) is 1. The number of para-hydroxylation sites is 1. The maximum absolute atomic E-state index is 5.88. The van der Waals surface area contributed by atoms with Crippen LogP contribution in [0.1, 0.15) is 12.5 Å². The minimum absolute atomic E-state index is 0. The van der Waals surface area contributed by atoms with Crippen LogP contribution in [0.3, 0.4) is 0 Å². The fraction of sp³-hybridized carbons (Fsp3) is 0.167. The standard InChI is InChI=1S/C18H19N3O.ClH/c1-2-22-17-10-8-14(9-11-17)18-15(12-19)13-21(20-18)16-6-4-3-5-7-16;/h3-11,13H,2,12,19H2,1H3;1H. The predicted octanol–water partition coefficient (Wildman–Crippen LogP) is 3.82. The molecule has 0 saturated heterocycles. The first-order valence-corrected chi connectivity index (χ1v) is 7.39. The van der Waals surface area contributed by atoms with Crippen LogP contribution >= 0.6 is 12.4 Å². The molecule has 2 aromatic carbocycles. The Balaban J connectivity index is 0.00000192. The topological polar surface area (TPSA) is 53.1 Å². The van der Waals surface area contributed by atoms with Gasteiger partial charge in [-0.05, 0) is 43.3 Å². The van der Waals surface area contributed by atoms with Gasteiger partial charge in [-0.2, -0.15) is 5.10 Å². The number of halogens is 1. The van der Waals surface area contributed by atoms with Crippen molar-refractivity contribution in [3.8, 4) is 22.7 Å². The van der Waals surface area contributed by atoms with Crippen molar-refractivity contribution in [2.45, 2.75) is 13.5 Å². The Morgan fingerprint density at radius 1 is 1.04 bits per heavy atom. The van der Waals surface area contributed by atoms with E-state index in [4.69, 9.17) is 15.6 Å². The second-order valence-corrected chi connectivity index (χ2v) is 4.94. The molecule has 0 aliphatic carbocycles. The van der Waals surface area contributed by atoms with Crippen LogP contribution in [0.15, 0.2) is 60.8 Å². The Morgan fingerprint density at radius 2 is 1.74 bits per heavy atom. The average Bonchev–Trinajstić information content (AvgIpc) is 3.01. The van der Waals surface area contributed by atoms with E-state index in [-0.39, 0.29) is 12.4 Å². The summed E-state index contributed by atoms with van der Waals surface area (Å²) in [6.45, 7) is 3.09. The van der Waals surface area contributed by atoms with Gasteiger partial charge in [0.05, 0.1) is 18.0 Å². The fourth-order valence-electron chi connectivity index (χ4n) is 2.39. The molecule has 120 valence electrons. The Bertz CT molecular complexity index is 739. The van der Waals surface area contributed by atoms with E-state index in [9.17, 15) is 0 Å². The summed E-state index contributed by atoms with van der Waals surface area (Å²) in [6, 6.07) is 18.0. The van der Waals surface area contributed by atoms with E-state index in [1.54, 1.807) is 0 Å². The van der Waals surface area contributed by atoms with Crippen molar-refractivity contribution in [2.24, 2.45) is 5.73 Å². The van der Waals surface area contributed by atoms with Gasteiger partial charge >= 0.3 is 0 Å². The number of benzene rings is 2. The summed E-state index contributed by atoms with van der Waals surface area (Å²) in [6.07, 6.45) is 1.99. The molecule has 0 aliphatic heterocycles. The van der Waals surface area contributed by atoms with E-state index in [0.717, 1.165) is 28.3 Å². The molecule has 3 aromatic rings. The monoisotopic (exact) mass is 329 g/mol. The number of hydrogen-bond acceptors (Lipinski definition) is 3. The Hall–Kier alpha value is -2.30. The maximum atomic E-state index is 5.88. The second-order valence-electron chi connectivity index (χ2n) is 4.94. The van der Waals surface area contributed by atoms with Crippen molar-refractivity contribution < 1.29 is 4.74 Å². The van der Waals surface area contributed by atoms with Crippen LogP contribution in [0, 0.1) is 0 Å². The van der Waals surface area contributed by atoms with Gasteiger partial charge in [0.2, 0.25) is 0 Å². The molecule has 0 saturated carbocycles. The summed E-state index contributed by atoms with van der Waals surface area (Å²) in [4.78, 5) is 0. The summed E-state index contributed by atoms with van der Waals surface area (Å²) in [5.74, 6) is 0.864. The van der Waals surface area contributed by atoms with Gasteiger partial charge < -0.3 is 10.5 Å². The molecule has 23 heavy (non-hydrogen) atoms. The van der Waals surface area contributed by atoms with E-state index in [1.807, 2.05) is 72.4 Å². The molecule has 2 N–H and O–H groups in total. The quantitative estimate of drug-likeness (QED) is 0.774. The van der Waals surface area contributed by atoms with Crippen molar-refractivity contribution in [3.63, 3.8) is 0 Å². The minimum Gasteiger partial charge on any atom is -0.494 e. The van der Waals surface area contributed by atoms with E-state index in [1.165, 1.54) is 0 Å². The highest BCUT2D eigenvalue weighted by Gasteiger charge is 2.11. The van der Waals surface area contributed by atoms with Crippen LogP contribution in [0.2, 0.25) is 0 Å². The van der Waals surface area contributed by atoms with Gasteiger partial charge in [-0.25, -0.2) is 4.68 Å². The normalized spacial score (nSPS) is 10.2. The number of ether oxygens (including phenoxy) is 1. The number of aromatic nitrogens is 2. The van der Waals surface area contributed by atoms with Gasteiger partial charge in [0.1, 0.15) is 5.75 Å². The molecule has 0 radical (unpaired) electrons. The van der Waals surface area contributed by atoms with E-state index < -0.39 is 0 Å². The van der Waals surface area contributed by atoms with Crippen molar-refractivity contribution in [2.75, 3.05) is 6.61 Å². The minimum atomic E-state index is 0. The Morgan fingerprint density at radius 3 is 2.35 bits per heavy atom. The number of rotatable bonds is 5. The predicted molar refractivity (Wildman–Crippen MR) is 95.3 cm³/mol. The molecule has 0 fully saturated rings. The summed E-state index contributed by atoms with van der Waals surface area (Å²) in [7, 11) is 0. The highest BCUT2D eigenvalue weighted by atomic mass is 35.5. The zero-order chi connectivity index (χ0) is 15.4. The van der Waals surface area contributed by atoms with Crippen molar-refractivity contribution in [1.82, 2.24) is 9.78 Å². The van der Waals surface area contributed by atoms with Gasteiger partial charge in [0.15, 0.2) is 0 Å². The molecule has 5 heteroatoms. The largest absolute Gasteiger partial charge is 0.494 e. The van der Waals surface area contributed by atoms with Crippen molar-refractivity contribution in [3.05, 3.63) is 66.4 Å². The average molecular weight is 330 g/mol. The first kappa shape index (κ1) is 17.1. The highest BCUT2D eigenvalue weighted by molar-refractivity contribution is 5.85. The molecule has 0 aliphatic rings. The van der Waals surface area contributed by atoms with Crippen LogP contribution in [-0.2, 0) is 6.54 Å². The zero-order valence-electron chi connectivity index (χ0n) is 13.0. The van der Waals surface area contributed by atoms with E-state index in [2.05, 4.69) is 0 Å². The lowest BCUT2D eigenvalue weighted by atomic mass is 10.1. The molecule has 3 rings (SSSR count). The molecule has 0 amide bonds. The zero-order valence-corrected chi connectivity index (χ0v) is 13.8. The molecule has 0 atom stereocenters. The maximum Gasteiger partial charge on any atom is 0.119 e. The number of nitrogens with zero attached hydrogens (tertiary/aromatic N) is 2. The lowest BCUT2D eigenvalue weighted by molar-refractivity contribution is 0.340. The van der Waals surface area contributed by atoms with Gasteiger partial charge in [-0.3, -0.25) is 0 Å².